The van der Waals surface area contributed by atoms with Crippen molar-refractivity contribution in [2.75, 3.05) is 0 Å². The minimum atomic E-state index is 0.463. The third kappa shape index (κ3) is 2.83. The quantitative estimate of drug-likeness (QED) is 0.589. The van der Waals surface area contributed by atoms with Crippen molar-refractivity contribution in [2.24, 2.45) is 11.8 Å². The van der Waals surface area contributed by atoms with Crippen LogP contribution in [0.1, 0.15) is 43.7 Å². The highest BCUT2D eigenvalue weighted by Crippen LogP contribution is 2.33. The van der Waals surface area contributed by atoms with Gasteiger partial charge < -0.3 is 0 Å². The third-order valence-corrected chi connectivity index (χ3v) is 3.51. The molecule has 0 aliphatic heterocycles. The normalized spacial score (nSPS) is 17.8. The maximum atomic E-state index is 5.59. The first-order valence-electron chi connectivity index (χ1n) is 6.25. The van der Waals surface area contributed by atoms with Gasteiger partial charge >= 0.3 is 0 Å². The lowest BCUT2D eigenvalue weighted by molar-refractivity contribution is 0.472. The molecule has 2 rings (SSSR count). The second-order valence-corrected chi connectivity index (χ2v) is 5.21. The fourth-order valence-electron chi connectivity index (χ4n) is 2.15. The minimum absolute atomic E-state index is 0.463. The van der Waals surface area contributed by atoms with Gasteiger partial charge in [-0.1, -0.05) is 38.1 Å². The van der Waals surface area contributed by atoms with Gasteiger partial charge in [0.25, 0.3) is 0 Å². The molecule has 3 N–H and O–H groups in total. The first-order valence-corrected chi connectivity index (χ1v) is 6.25. The zero-order valence-corrected chi connectivity index (χ0v) is 10.2. The summed E-state index contributed by atoms with van der Waals surface area (Å²) in [6.45, 7) is 4.45. The Morgan fingerprint density at radius 1 is 1.25 bits per heavy atom. The van der Waals surface area contributed by atoms with E-state index in [1.807, 2.05) is 0 Å². The van der Waals surface area contributed by atoms with E-state index in [4.69, 9.17) is 5.84 Å². The minimum Gasteiger partial charge on any atom is -0.271 e. The van der Waals surface area contributed by atoms with Gasteiger partial charge in [-0.15, -0.1) is 0 Å². The first kappa shape index (κ1) is 11.6. The highest BCUT2D eigenvalue weighted by molar-refractivity contribution is 5.25. The molecular weight excluding hydrogens is 196 g/mol. The zero-order valence-electron chi connectivity index (χ0n) is 10.2. The lowest BCUT2D eigenvalue weighted by Crippen LogP contribution is -2.38. The lowest BCUT2D eigenvalue weighted by atomic mass is 9.98. The van der Waals surface area contributed by atoms with Crippen LogP contribution < -0.4 is 11.3 Å². The van der Waals surface area contributed by atoms with Crippen molar-refractivity contribution in [1.82, 2.24) is 5.43 Å². The Morgan fingerprint density at radius 2 is 1.88 bits per heavy atom. The number of benzene rings is 1. The Morgan fingerprint density at radius 3 is 2.31 bits per heavy atom. The van der Waals surface area contributed by atoms with Crippen LogP contribution in [0.5, 0.6) is 0 Å². The smallest absolute Gasteiger partial charge is 0.0279 e. The molecule has 1 aliphatic carbocycles. The van der Waals surface area contributed by atoms with Crippen LogP contribution in [0.25, 0.3) is 0 Å². The predicted octanol–water partition coefficient (Wildman–Crippen LogP) is 2.59. The summed E-state index contributed by atoms with van der Waals surface area (Å²) in [5.74, 6) is 7.00. The first-order chi connectivity index (χ1) is 7.70. The average molecular weight is 218 g/mol. The van der Waals surface area contributed by atoms with Crippen LogP contribution in [0.15, 0.2) is 24.3 Å². The summed E-state index contributed by atoms with van der Waals surface area (Å²) in [5.41, 5.74) is 5.75. The largest absolute Gasteiger partial charge is 0.271 e. The Bertz CT molecular complexity index is 325. The van der Waals surface area contributed by atoms with Gasteiger partial charge in [0.05, 0.1) is 0 Å². The molecule has 1 aromatic rings. The molecule has 0 amide bonds. The number of rotatable bonds is 5. The Kier molecular flexibility index (Phi) is 3.62. The van der Waals surface area contributed by atoms with E-state index >= 15 is 0 Å². The molecule has 1 aromatic carbocycles. The van der Waals surface area contributed by atoms with E-state index in [-0.39, 0.29) is 0 Å². The van der Waals surface area contributed by atoms with E-state index < -0.39 is 0 Å². The molecule has 0 saturated heterocycles. The highest BCUT2D eigenvalue weighted by Gasteiger charge is 2.30. The molecule has 0 bridgehead atoms. The third-order valence-electron chi connectivity index (χ3n) is 3.51. The SMILES string of the molecule is CC(C)c1ccc(CC(NN)C2CC2)cc1. The van der Waals surface area contributed by atoms with Crippen molar-refractivity contribution in [3.8, 4) is 0 Å². The van der Waals surface area contributed by atoms with Crippen molar-refractivity contribution in [2.45, 2.75) is 45.1 Å². The summed E-state index contributed by atoms with van der Waals surface area (Å²) in [5, 5.41) is 0. The number of hydrogen-bond donors (Lipinski definition) is 2. The molecule has 0 spiro atoms. The van der Waals surface area contributed by atoms with Gasteiger partial charge in [-0.2, -0.15) is 0 Å². The molecule has 1 unspecified atom stereocenters. The van der Waals surface area contributed by atoms with Crippen LogP contribution in [-0.4, -0.2) is 6.04 Å². The Balaban J connectivity index is 1.98. The van der Waals surface area contributed by atoms with Gasteiger partial charge in [0.15, 0.2) is 0 Å². The van der Waals surface area contributed by atoms with Crippen molar-refractivity contribution in [3.05, 3.63) is 35.4 Å². The second kappa shape index (κ2) is 4.98. The Hall–Kier alpha value is -0.860. The van der Waals surface area contributed by atoms with Crippen LogP contribution in [0.3, 0.4) is 0 Å². The lowest BCUT2D eigenvalue weighted by Gasteiger charge is -2.15. The molecular formula is C14H22N2. The molecule has 1 fully saturated rings. The molecule has 1 saturated carbocycles. The molecule has 2 heteroatoms. The van der Waals surface area contributed by atoms with Crippen molar-refractivity contribution in [3.63, 3.8) is 0 Å². The van der Waals surface area contributed by atoms with E-state index in [0.717, 1.165) is 12.3 Å². The van der Waals surface area contributed by atoms with Crippen LogP contribution in [0.4, 0.5) is 0 Å². The van der Waals surface area contributed by atoms with E-state index in [1.165, 1.54) is 24.0 Å². The van der Waals surface area contributed by atoms with Crippen molar-refractivity contribution in [1.29, 1.82) is 0 Å². The summed E-state index contributed by atoms with van der Waals surface area (Å²) in [6, 6.07) is 9.41. The van der Waals surface area contributed by atoms with Gasteiger partial charge in [-0.3, -0.25) is 11.3 Å². The summed E-state index contributed by atoms with van der Waals surface area (Å²) < 4.78 is 0. The molecule has 0 radical (unpaired) electrons. The number of nitrogens with one attached hydrogen (secondary N) is 1. The second-order valence-electron chi connectivity index (χ2n) is 5.21. The van der Waals surface area contributed by atoms with Crippen LogP contribution in [0.2, 0.25) is 0 Å². The summed E-state index contributed by atoms with van der Waals surface area (Å²) in [6.07, 6.45) is 3.72. The van der Waals surface area contributed by atoms with Crippen LogP contribution >= 0.6 is 0 Å². The van der Waals surface area contributed by atoms with Gasteiger partial charge in [0.2, 0.25) is 0 Å². The standard InChI is InChI=1S/C14H22N2/c1-10(2)12-5-3-11(4-6-12)9-14(16-15)13-7-8-13/h3-6,10,13-14,16H,7-9,15H2,1-2H3. The fourth-order valence-corrected chi connectivity index (χ4v) is 2.15. The van der Waals surface area contributed by atoms with Crippen LogP contribution in [-0.2, 0) is 6.42 Å². The van der Waals surface area contributed by atoms with Crippen molar-refractivity contribution >= 4 is 0 Å². The zero-order chi connectivity index (χ0) is 11.5. The molecule has 1 atom stereocenters. The highest BCUT2D eigenvalue weighted by atomic mass is 15.2. The number of hydrogen-bond acceptors (Lipinski definition) is 2. The molecule has 2 nitrogen and oxygen atoms in total. The average Bonchev–Trinajstić information content (AvgIpc) is 3.10. The van der Waals surface area contributed by atoms with Gasteiger partial charge in [0.1, 0.15) is 0 Å². The molecule has 88 valence electrons. The molecule has 0 heterocycles. The van der Waals surface area contributed by atoms with E-state index in [9.17, 15) is 0 Å². The fraction of sp³-hybridized carbons (Fsp3) is 0.571. The summed E-state index contributed by atoms with van der Waals surface area (Å²) in [7, 11) is 0. The maximum absolute atomic E-state index is 5.59. The maximum Gasteiger partial charge on any atom is 0.0279 e. The van der Waals surface area contributed by atoms with Crippen LogP contribution in [0, 0.1) is 5.92 Å². The van der Waals surface area contributed by atoms with E-state index in [2.05, 4.69) is 43.5 Å². The molecule has 1 aliphatic rings. The predicted molar refractivity (Wildman–Crippen MR) is 68.1 cm³/mol. The Labute approximate surface area is 98.2 Å². The van der Waals surface area contributed by atoms with E-state index in [1.54, 1.807) is 0 Å². The topological polar surface area (TPSA) is 38.0 Å². The summed E-state index contributed by atoms with van der Waals surface area (Å²) >= 11 is 0. The van der Waals surface area contributed by atoms with Gasteiger partial charge in [-0.05, 0) is 42.2 Å². The number of hydrazine groups is 1. The van der Waals surface area contributed by atoms with E-state index in [0.29, 0.717) is 12.0 Å². The monoisotopic (exact) mass is 218 g/mol. The molecule has 16 heavy (non-hydrogen) atoms. The van der Waals surface area contributed by atoms with Gasteiger partial charge in [0, 0.05) is 6.04 Å². The van der Waals surface area contributed by atoms with Crippen molar-refractivity contribution < 1.29 is 0 Å². The molecule has 0 aromatic heterocycles. The summed E-state index contributed by atoms with van der Waals surface area (Å²) in [4.78, 5) is 0. The number of nitrogens with two attached hydrogens (primary N) is 1. The van der Waals surface area contributed by atoms with Gasteiger partial charge in [-0.25, -0.2) is 0 Å².